The molecule has 0 saturated carbocycles. The molecule has 2 aromatic rings. The third-order valence-corrected chi connectivity index (χ3v) is 7.17. The molecule has 2 aromatic carbocycles. The highest BCUT2D eigenvalue weighted by atomic mass is 79.9. The standard InChI is InChI=1S/C21H23BrN2O6S/c1-13(25)24-8-6-14-10-15(22)11-19(21(14)24)31(27,28)9-7-20(26)23-17-12-16(29-2)4-5-18(17)30-3/h4-5,10-12H,6-9H2,1-3H3,(H,23,26). The number of methoxy groups -OCH3 is 2. The second-order valence-electron chi connectivity index (χ2n) is 7.02. The van der Waals surface area contributed by atoms with E-state index >= 15 is 0 Å². The monoisotopic (exact) mass is 510 g/mol. The van der Waals surface area contributed by atoms with Gasteiger partial charge >= 0.3 is 0 Å². The number of rotatable bonds is 7. The van der Waals surface area contributed by atoms with E-state index in [-0.39, 0.29) is 17.2 Å². The molecule has 0 bridgehead atoms. The molecule has 0 unspecified atom stereocenters. The van der Waals surface area contributed by atoms with E-state index in [4.69, 9.17) is 9.47 Å². The van der Waals surface area contributed by atoms with Crippen molar-refractivity contribution in [1.29, 1.82) is 0 Å². The normalized spacial score (nSPS) is 13.0. The molecule has 2 amide bonds. The number of nitrogens with zero attached hydrogens (tertiary/aromatic N) is 1. The first-order valence-electron chi connectivity index (χ1n) is 9.51. The predicted molar refractivity (Wildman–Crippen MR) is 121 cm³/mol. The van der Waals surface area contributed by atoms with Crippen LogP contribution in [0.1, 0.15) is 18.9 Å². The van der Waals surface area contributed by atoms with Crippen molar-refractivity contribution in [2.45, 2.75) is 24.7 Å². The van der Waals surface area contributed by atoms with Crippen LogP contribution in [0.4, 0.5) is 11.4 Å². The largest absolute Gasteiger partial charge is 0.497 e. The number of fused-ring (bicyclic) bond motifs is 1. The van der Waals surface area contributed by atoms with Crippen molar-refractivity contribution in [3.63, 3.8) is 0 Å². The van der Waals surface area contributed by atoms with Crippen molar-refractivity contribution < 1.29 is 27.5 Å². The van der Waals surface area contributed by atoms with Crippen molar-refractivity contribution >= 4 is 49.0 Å². The number of ether oxygens (including phenoxy) is 2. The van der Waals surface area contributed by atoms with Crippen LogP contribution >= 0.6 is 15.9 Å². The summed E-state index contributed by atoms with van der Waals surface area (Å²) in [5.74, 6) is -0.151. The van der Waals surface area contributed by atoms with E-state index in [9.17, 15) is 18.0 Å². The van der Waals surface area contributed by atoms with E-state index in [1.807, 2.05) is 6.07 Å². The molecule has 8 nitrogen and oxygen atoms in total. The van der Waals surface area contributed by atoms with Crippen molar-refractivity contribution in [1.82, 2.24) is 0 Å². The Balaban J connectivity index is 1.80. The number of carbonyl (C=O) groups excluding carboxylic acids is 2. The van der Waals surface area contributed by atoms with Gasteiger partial charge in [-0.25, -0.2) is 8.42 Å². The van der Waals surface area contributed by atoms with Gasteiger partial charge in [-0.3, -0.25) is 9.59 Å². The molecular formula is C21H23BrN2O6S. The third-order valence-electron chi connectivity index (χ3n) is 4.99. The van der Waals surface area contributed by atoms with Gasteiger partial charge in [-0.2, -0.15) is 0 Å². The molecule has 31 heavy (non-hydrogen) atoms. The average molecular weight is 511 g/mol. The molecule has 166 valence electrons. The maximum Gasteiger partial charge on any atom is 0.225 e. The minimum atomic E-state index is -3.83. The van der Waals surface area contributed by atoms with Crippen LogP contribution in [0.5, 0.6) is 11.5 Å². The number of nitrogens with one attached hydrogen (secondary N) is 1. The molecule has 0 spiro atoms. The van der Waals surface area contributed by atoms with Gasteiger partial charge in [-0.1, -0.05) is 15.9 Å². The zero-order valence-electron chi connectivity index (χ0n) is 17.4. The number of sulfone groups is 1. The first-order chi connectivity index (χ1) is 14.7. The summed E-state index contributed by atoms with van der Waals surface area (Å²) in [5, 5.41) is 2.67. The van der Waals surface area contributed by atoms with Crippen LogP contribution in [0.3, 0.4) is 0 Å². The minimum absolute atomic E-state index is 0.0522. The van der Waals surface area contributed by atoms with Gasteiger partial charge in [0.1, 0.15) is 11.5 Å². The van der Waals surface area contributed by atoms with E-state index in [0.717, 1.165) is 5.56 Å². The zero-order chi connectivity index (χ0) is 22.8. The molecule has 1 heterocycles. The van der Waals surface area contributed by atoms with E-state index in [0.29, 0.717) is 40.3 Å². The van der Waals surface area contributed by atoms with E-state index in [2.05, 4.69) is 21.2 Å². The second kappa shape index (κ2) is 9.27. The first-order valence-corrected chi connectivity index (χ1v) is 12.0. The fourth-order valence-corrected chi connectivity index (χ4v) is 5.66. The molecule has 10 heteroatoms. The summed E-state index contributed by atoms with van der Waals surface area (Å²) in [7, 11) is -0.861. The smallest absolute Gasteiger partial charge is 0.225 e. The van der Waals surface area contributed by atoms with Gasteiger partial charge in [0.25, 0.3) is 0 Å². The summed E-state index contributed by atoms with van der Waals surface area (Å²) < 4.78 is 37.2. The molecule has 0 radical (unpaired) electrons. The van der Waals surface area contributed by atoms with Gasteiger partial charge in [0.15, 0.2) is 9.84 Å². The maximum absolute atomic E-state index is 13.1. The Morgan fingerprint density at radius 2 is 1.90 bits per heavy atom. The highest BCUT2D eigenvalue weighted by Gasteiger charge is 2.31. The Morgan fingerprint density at radius 3 is 2.55 bits per heavy atom. The lowest BCUT2D eigenvalue weighted by atomic mass is 10.2. The summed E-state index contributed by atoms with van der Waals surface area (Å²) in [5.41, 5.74) is 1.58. The number of hydrogen-bond donors (Lipinski definition) is 1. The van der Waals surface area contributed by atoms with Gasteiger partial charge in [0.05, 0.1) is 36.2 Å². The number of benzene rings is 2. The molecular weight excluding hydrogens is 488 g/mol. The fourth-order valence-electron chi connectivity index (χ4n) is 3.48. The van der Waals surface area contributed by atoms with Crippen molar-refractivity contribution in [3.8, 4) is 11.5 Å². The molecule has 0 fully saturated rings. The molecule has 1 aliphatic rings. The van der Waals surface area contributed by atoms with E-state index in [1.54, 1.807) is 18.2 Å². The Labute approximate surface area is 189 Å². The molecule has 0 aromatic heterocycles. The topological polar surface area (TPSA) is 102 Å². The van der Waals surface area contributed by atoms with Crippen molar-refractivity contribution in [3.05, 3.63) is 40.4 Å². The summed E-state index contributed by atoms with van der Waals surface area (Å²) in [6.07, 6.45) is 0.317. The van der Waals surface area contributed by atoms with Gasteiger partial charge in [-0.15, -0.1) is 0 Å². The lowest BCUT2D eigenvalue weighted by molar-refractivity contribution is -0.117. The quantitative estimate of drug-likeness (QED) is 0.613. The average Bonchev–Trinajstić information content (AvgIpc) is 3.15. The maximum atomic E-state index is 13.1. The van der Waals surface area contributed by atoms with Crippen LogP contribution in [0.25, 0.3) is 0 Å². The highest BCUT2D eigenvalue weighted by Crippen LogP contribution is 2.38. The summed E-state index contributed by atoms with van der Waals surface area (Å²) in [6, 6.07) is 8.23. The predicted octanol–water partition coefficient (Wildman–Crippen LogP) is 3.18. The molecule has 1 N–H and O–H groups in total. The van der Waals surface area contributed by atoms with E-state index in [1.165, 1.54) is 32.1 Å². The number of amides is 2. The second-order valence-corrected chi connectivity index (χ2v) is 10.0. The minimum Gasteiger partial charge on any atom is -0.497 e. The SMILES string of the molecule is COc1ccc(OC)c(NC(=O)CCS(=O)(=O)c2cc(Br)cc3c2N(C(C)=O)CC3)c1. The Hall–Kier alpha value is -2.59. The Morgan fingerprint density at radius 1 is 1.16 bits per heavy atom. The van der Waals surface area contributed by atoms with Gasteiger partial charge in [-0.05, 0) is 36.2 Å². The molecule has 0 saturated heterocycles. The first kappa shape index (κ1) is 23.1. The summed E-state index contributed by atoms with van der Waals surface area (Å²) >= 11 is 3.35. The molecule has 3 rings (SSSR count). The number of carbonyl (C=O) groups is 2. The zero-order valence-corrected chi connectivity index (χ0v) is 19.8. The number of hydrogen-bond acceptors (Lipinski definition) is 6. The number of anilines is 2. The van der Waals surface area contributed by atoms with Gasteiger partial charge < -0.3 is 19.7 Å². The van der Waals surface area contributed by atoms with Crippen LogP contribution in [-0.4, -0.2) is 46.7 Å². The highest BCUT2D eigenvalue weighted by molar-refractivity contribution is 9.10. The van der Waals surface area contributed by atoms with Gasteiger partial charge in [0, 0.05) is 30.4 Å². The Bertz CT molecular complexity index is 1130. The molecule has 0 aliphatic carbocycles. The number of halogens is 1. The Kier molecular flexibility index (Phi) is 6.90. The molecule has 1 aliphatic heterocycles. The fraction of sp³-hybridized carbons (Fsp3) is 0.333. The third kappa shape index (κ3) is 5.01. The van der Waals surface area contributed by atoms with Crippen LogP contribution in [0, 0.1) is 0 Å². The van der Waals surface area contributed by atoms with Crippen LogP contribution in [0.2, 0.25) is 0 Å². The van der Waals surface area contributed by atoms with Crippen molar-refractivity contribution in [2.24, 2.45) is 0 Å². The van der Waals surface area contributed by atoms with Crippen molar-refractivity contribution in [2.75, 3.05) is 36.7 Å². The lowest BCUT2D eigenvalue weighted by Gasteiger charge is -2.19. The molecule has 0 atom stereocenters. The van der Waals surface area contributed by atoms with E-state index < -0.39 is 21.5 Å². The lowest BCUT2D eigenvalue weighted by Crippen LogP contribution is -2.27. The van der Waals surface area contributed by atoms with Gasteiger partial charge in [0.2, 0.25) is 11.8 Å². The van der Waals surface area contributed by atoms with Crippen LogP contribution < -0.4 is 19.7 Å². The van der Waals surface area contributed by atoms with Crippen LogP contribution in [0.15, 0.2) is 39.7 Å². The van der Waals surface area contributed by atoms with Crippen LogP contribution in [-0.2, 0) is 25.8 Å². The summed E-state index contributed by atoms with van der Waals surface area (Å²) in [6.45, 7) is 1.84. The summed E-state index contributed by atoms with van der Waals surface area (Å²) in [4.78, 5) is 26.0.